The molecule has 7 heteroatoms. The summed E-state index contributed by atoms with van der Waals surface area (Å²) in [5, 5.41) is 24.1. The van der Waals surface area contributed by atoms with Crippen molar-refractivity contribution in [3.8, 4) is 0 Å². The second-order valence-corrected chi connectivity index (χ2v) is 2.06. The number of carbonyl (C=O) groups is 3. The number of carbonyl (C=O) groups excluding carboxylic acids is 1. The molecule has 0 saturated heterocycles. The van der Waals surface area contributed by atoms with E-state index >= 15 is 0 Å². The lowest BCUT2D eigenvalue weighted by atomic mass is 10.3. The predicted octanol–water partition coefficient (Wildman–Crippen LogP) is -1.60. The summed E-state index contributed by atoms with van der Waals surface area (Å²) < 4.78 is 0. The minimum Gasteiger partial charge on any atom is -0.481 e. The lowest BCUT2D eigenvalue weighted by molar-refractivity contribution is -0.152. The summed E-state index contributed by atoms with van der Waals surface area (Å²) in [6.45, 7) is 1.31. The molecule has 1 unspecified atom stereocenters. The van der Waals surface area contributed by atoms with Crippen LogP contribution in [0.5, 0.6) is 0 Å². The molecule has 0 aromatic rings. The van der Waals surface area contributed by atoms with Crippen molar-refractivity contribution in [3.05, 3.63) is 0 Å². The van der Waals surface area contributed by atoms with Gasteiger partial charge in [-0.3, -0.25) is 9.59 Å². The highest BCUT2D eigenvalue weighted by atomic mass is 16.4. The Balaban J connectivity index is 0. The van der Waals surface area contributed by atoms with Crippen LogP contribution in [0.15, 0.2) is 0 Å². The number of hydrogen-bond donors (Lipinski definition) is 4. The molecule has 0 aliphatic carbocycles. The van der Waals surface area contributed by atoms with E-state index in [1.165, 1.54) is 6.92 Å². The number of aliphatic hydroxyl groups is 1. The van der Waals surface area contributed by atoms with Crippen molar-refractivity contribution in [2.75, 3.05) is 0 Å². The van der Waals surface area contributed by atoms with Gasteiger partial charge in [-0.15, -0.1) is 0 Å². The molecule has 1 amide bonds. The number of aliphatic hydroxyl groups excluding tert-OH is 1. The molecule has 0 aliphatic heterocycles. The molecule has 7 nitrogen and oxygen atoms in total. The van der Waals surface area contributed by atoms with Crippen LogP contribution in [0.4, 0.5) is 0 Å². The van der Waals surface area contributed by atoms with Crippen LogP contribution in [0.25, 0.3) is 0 Å². The van der Waals surface area contributed by atoms with E-state index in [0.717, 1.165) is 0 Å². The van der Waals surface area contributed by atoms with Crippen LogP contribution >= 0.6 is 0 Å². The lowest BCUT2D eigenvalue weighted by Crippen LogP contribution is -2.22. The smallest absolute Gasteiger partial charge is 0.333 e. The molecule has 0 radical (unpaired) electrons. The second-order valence-electron chi connectivity index (χ2n) is 2.06. The summed E-state index contributed by atoms with van der Waals surface area (Å²) in [5.41, 5.74) is 4.47. The number of primary amides is 1. The van der Waals surface area contributed by atoms with E-state index in [4.69, 9.17) is 15.3 Å². The van der Waals surface area contributed by atoms with Crippen LogP contribution < -0.4 is 5.73 Å². The van der Waals surface area contributed by atoms with E-state index in [-0.39, 0.29) is 5.91 Å². The molecular weight excluding hydrogens is 182 g/mol. The number of rotatable bonds is 3. The fraction of sp³-hybridized carbons (Fsp3) is 0.500. The van der Waals surface area contributed by atoms with Crippen molar-refractivity contribution in [1.29, 1.82) is 0 Å². The van der Waals surface area contributed by atoms with Gasteiger partial charge < -0.3 is 21.1 Å². The summed E-state index contributed by atoms with van der Waals surface area (Å²) in [4.78, 5) is 28.6. The normalized spacial score (nSPS) is 10.6. The van der Waals surface area contributed by atoms with Crippen LogP contribution in [-0.4, -0.2) is 39.3 Å². The van der Waals surface area contributed by atoms with Crippen LogP contribution in [-0.2, 0) is 14.4 Å². The van der Waals surface area contributed by atoms with Crippen molar-refractivity contribution < 1.29 is 29.7 Å². The topological polar surface area (TPSA) is 138 Å². The first-order valence-electron chi connectivity index (χ1n) is 3.16. The molecule has 0 saturated carbocycles. The quantitative estimate of drug-likeness (QED) is 0.425. The van der Waals surface area contributed by atoms with Gasteiger partial charge in [-0.25, -0.2) is 4.79 Å². The molecule has 5 N–H and O–H groups in total. The summed E-state index contributed by atoms with van der Waals surface area (Å²) in [6, 6.07) is 0. The minimum absolute atomic E-state index is 0.333. The molecule has 13 heavy (non-hydrogen) atoms. The van der Waals surface area contributed by atoms with E-state index in [1.807, 2.05) is 0 Å². The van der Waals surface area contributed by atoms with Crippen LogP contribution in [0.2, 0.25) is 0 Å². The van der Waals surface area contributed by atoms with Crippen LogP contribution in [0, 0.1) is 0 Å². The van der Waals surface area contributed by atoms with Crippen molar-refractivity contribution in [3.63, 3.8) is 0 Å². The third-order valence-corrected chi connectivity index (χ3v) is 0.653. The fourth-order valence-corrected chi connectivity index (χ4v) is 0.253. The van der Waals surface area contributed by atoms with Crippen LogP contribution in [0.1, 0.15) is 13.3 Å². The number of carboxylic acids is 2. The largest absolute Gasteiger partial charge is 0.481 e. The van der Waals surface area contributed by atoms with E-state index in [9.17, 15) is 14.4 Å². The van der Waals surface area contributed by atoms with Gasteiger partial charge in [-0.1, -0.05) is 0 Å². The zero-order chi connectivity index (χ0) is 11.0. The highest BCUT2D eigenvalue weighted by molar-refractivity contribution is 5.79. The first kappa shape index (κ1) is 13.9. The SMILES string of the molecule is CC(N)=O.O=C(O)CC(O)C(=O)O. The maximum atomic E-state index is 9.72. The molecule has 0 aromatic heterocycles. The molecule has 0 aromatic carbocycles. The Bertz CT molecular complexity index is 197. The maximum Gasteiger partial charge on any atom is 0.333 e. The summed E-state index contributed by atoms with van der Waals surface area (Å²) in [7, 11) is 0. The number of carboxylic acid groups (broad SMARTS) is 2. The number of aliphatic carboxylic acids is 2. The van der Waals surface area contributed by atoms with Crippen molar-refractivity contribution in [1.82, 2.24) is 0 Å². The van der Waals surface area contributed by atoms with Crippen molar-refractivity contribution >= 4 is 17.8 Å². The molecule has 0 spiro atoms. The zero-order valence-electron chi connectivity index (χ0n) is 6.93. The Morgan fingerprint density at radius 2 is 1.62 bits per heavy atom. The van der Waals surface area contributed by atoms with Gasteiger partial charge in [0.1, 0.15) is 0 Å². The van der Waals surface area contributed by atoms with Gasteiger partial charge in [-0.2, -0.15) is 0 Å². The van der Waals surface area contributed by atoms with Gasteiger partial charge in [-0.05, 0) is 0 Å². The Hall–Kier alpha value is -1.63. The summed E-state index contributed by atoms with van der Waals surface area (Å²) in [5.74, 6) is -3.18. The number of hydrogen-bond acceptors (Lipinski definition) is 4. The summed E-state index contributed by atoms with van der Waals surface area (Å²) >= 11 is 0. The van der Waals surface area contributed by atoms with Gasteiger partial charge in [0.15, 0.2) is 6.10 Å². The van der Waals surface area contributed by atoms with Gasteiger partial charge in [0, 0.05) is 6.92 Å². The Morgan fingerprint density at radius 1 is 1.31 bits per heavy atom. The molecule has 0 aliphatic rings. The van der Waals surface area contributed by atoms with E-state index in [1.54, 1.807) is 0 Å². The Morgan fingerprint density at radius 3 is 1.69 bits per heavy atom. The molecule has 1 atom stereocenters. The van der Waals surface area contributed by atoms with E-state index < -0.39 is 24.5 Å². The third-order valence-electron chi connectivity index (χ3n) is 0.653. The standard InChI is InChI=1S/C4H6O5.C2H5NO/c5-2(4(8)9)1-3(6)7;1-2(3)4/h2,5H,1H2,(H,6,7)(H,8,9);1H3,(H2,3,4). The van der Waals surface area contributed by atoms with Gasteiger partial charge >= 0.3 is 11.9 Å². The van der Waals surface area contributed by atoms with Gasteiger partial charge in [0.05, 0.1) is 6.42 Å². The van der Waals surface area contributed by atoms with Crippen molar-refractivity contribution in [2.45, 2.75) is 19.4 Å². The monoisotopic (exact) mass is 193 g/mol. The highest BCUT2D eigenvalue weighted by Gasteiger charge is 2.16. The lowest BCUT2D eigenvalue weighted by Gasteiger charge is -1.97. The predicted molar refractivity (Wildman–Crippen MR) is 40.8 cm³/mol. The van der Waals surface area contributed by atoms with Gasteiger partial charge in [0.25, 0.3) is 0 Å². The maximum absolute atomic E-state index is 9.72. The molecule has 0 bridgehead atoms. The molecule has 0 fully saturated rings. The van der Waals surface area contributed by atoms with E-state index in [0.29, 0.717) is 0 Å². The molecule has 0 rings (SSSR count). The number of amides is 1. The Kier molecular flexibility index (Phi) is 7.54. The zero-order valence-corrected chi connectivity index (χ0v) is 6.93. The average Bonchev–Trinajstić information content (AvgIpc) is 1.83. The highest BCUT2D eigenvalue weighted by Crippen LogP contribution is 1.89. The van der Waals surface area contributed by atoms with E-state index in [2.05, 4.69) is 5.73 Å². The average molecular weight is 193 g/mol. The summed E-state index contributed by atoms with van der Waals surface area (Å²) in [6.07, 6.45) is -2.54. The Labute approximate surface area is 73.8 Å². The number of nitrogens with two attached hydrogens (primary N) is 1. The molecule has 76 valence electrons. The van der Waals surface area contributed by atoms with Gasteiger partial charge in [0.2, 0.25) is 5.91 Å². The first-order chi connectivity index (χ1) is 5.77. The first-order valence-corrected chi connectivity index (χ1v) is 3.16. The second kappa shape index (κ2) is 7.04. The fourth-order valence-electron chi connectivity index (χ4n) is 0.253. The van der Waals surface area contributed by atoms with Crippen LogP contribution in [0.3, 0.4) is 0 Å². The van der Waals surface area contributed by atoms with Crippen molar-refractivity contribution in [2.24, 2.45) is 5.73 Å². The third kappa shape index (κ3) is 17.9. The molecular formula is C6H11NO6. The molecule has 0 heterocycles. The minimum atomic E-state index is -1.79.